The molecule has 0 saturated heterocycles. The molecule has 0 aliphatic heterocycles. The van der Waals surface area contributed by atoms with Crippen molar-refractivity contribution in [1.82, 2.24) is 25.6 Å². The number of hydrogen-bond acceptors (Lipinski definition) is 6. The number of fused-ring (bicyclic) bond motifs is 1. The Kier molecular flexibility index (Phi) is 9.06. The van der Waals surface area contributed by atoms with E-state index in [0.717, 1.165) is 0 Å². The topological polar surface area (TPSA) is 121 Å². The zero-order valence-electron chi connectivity index (χ0n) is 23.5. The second-order valence-corrected chi connectivity index (χ2v) is 11.5. The highest BCUT2D eigenvalue weighted by Crippen LogP contribution is 2.57. The predicted octanol–water partition coefficient (Wildman–Crippen LogP) is 6.51. The van der Waals surface area contributed by atoms with Gasteiger partial charge in [-0.3, -0.25) is 9.59 Å². The Labute approximate surface area is 256 Å². The normalized spacial score (nSPS) is 19.6. The summed E-state index contributed by atoms with van der Waals surface area (Å²) in [5, 5.41) is 8.18. The van der Waals surface area contributed by atoms with Crippen LogP contribution in [0.25, 0.3) is 11.2 Å². The van der Waals surface area contributed by atoms with Gasteiger partial charge in [-0.25, -0.2) is 4.39 Å². The molecule has 0 radical (unpaired) electrons. The van der Waals surface area contributed by atoms with Gasteiger partial charge in [-0.05, 0) is 62.3 Å². The van der Waals surface area contributed by atoms with E-state index in [2.05, 4.69) is 30.9 Å². The average Bonchev–Trinajstić information content (AvgIpc) is 3.72. The number of alkyl halides is 7. The quantitative estimate of drug-likeness (QED) is 0.183. The van der Waals surface area contributed by atoms with Crippen LogP contribution < -0.4 is 20.7 Å². The molecule has 17 heteroatoms. The fourth-order valence-electron chi connectivity index (χ4n) is 5.24. The van der Waals surface area contributed by atoms with E-state index in [4.69, 9.17) is 16.3 Å². The van der Waals surface area contributed by atoms with Crippen molar-refractivity contribution >= 4 is 46.2 Å². The Morgan fingerprint density at radius 2 is 1.76 bits per heavy atom. The van der Waals surface area contributed by atoms with E-state index in [-0.39, 0.29) is 78.6 Å². The van der Waals surface area contributed by atoms with E-state index in [0.29, 0.717) is 11.3 Å². The van der Waals surface area contributed by atoms with Crippen molar-refractivity contribution in [2.45, 2.75) is 63.5 Å². The van der Waals surface area contributed by atoms with Gasteiger partial charge in [0, 0.05) is 12.6 Å². The lowest BCUT2D eigenvalue weighted by Gasteiger charge is -2.30. The summed E-state index contributed by atoms with van der Waals surface area (Å²) in [4.78, 5) is 36.8. The zero-order valence-corrected chi connectivity index (χ0v) is 24.2. The maximum Gasteiger partial charge on any atom is 0.403 e. The van der Waals surface area contributed by atoms with Crippen LogP contribution >= 0.6 is 11.6 Å². The molecule has 0 atom stereocenters. The Morgan fingerprint density at radius 1 is 1.04 bits per heavy atom. The molecule has 0 bridgehead atoms. The van der Waals surface area contributed by atoms with Gasteiger partial charge in [-0.1, -0.05) is 17.7 Å². The Balaban J connectivity index is 1.30. The van der Waals surface area contributed by atoms with E-state index in [1.165, 1.54) is 24.3 Å². The largest absolute Gasteiger partial charge is 0.474 e. The highest BCUT2D eigenvalue weighted by Gasteiger charge is 2.68. The number of H-pyrrole nitrogens is 1. The summed E-state index contributed by atoms with van der Waals surface area (Å²) >= 11 is 6.30. The van der Waals surface area contributed by atoms with Crippen molar-refractivity contribution in [2.75, 3.05) is 18.6 Å². The first-order chi connectivity index (χ1) is 21.2. The van der Waals surface area contributed by atoms with Gasteiger partial charge in [0.2, 0.25) is 17.7 Å². The molecule has 2 fully saturated rings. The number of nitrogens with one attached hydrogen (secondary N) is 4. The van der Waals surface area contributed by atoms with Gasteiger partial charge in [-0.15, -0.1) is 0 Å². The number of carbonyl (C=O) groups excluding carboxylic acids is 2. The molecule has 2 aliphatic rings. The van der Waals surface area contributed by atoms with Crippen molar-refractivity contribution in [3.05, 3.63) is 40.4 Å². The molecule has 0 spiro atoms. The third-order valence-corrected chi connectivity index (χ3v) is 8.32. The lowest BCUT2D eigenvalue weighted by Crippen LogP contribution is -2.40. The summed E-state index contributed by atoms with van der Waals surface area (Å²) in [6.07, 6.45) is -9.40. The molecule has 2 aromatic heterocycles. The number of aromatic amines is 1. The number of amides is 2. The molecular weight excluding hydrogens is 637 g/mol. The number of pyridine rings is 1. The Morgan fingerprint density at radius 3 is 2.38 bits per heavy atom. The molecule has 2 amide bonds. The average molecular weight is 665 g/mol. The van der Waals surface area contributed by atoms with Gasteiger partial charge in [0.15, 0.2) is 5.65 Å². The van der Waals surface area contributed by atoms with E-state index in [9.17, 15) is 40.3 Å². The second kappa shape index (κ2) is 12.5. The van der Waals surface area contributed by atoms with Gasteiger partial charge in [0.25, 0.3) is 5.91 Å². The first-order valence-corrected chi connectivity index (χ1v) is 14.5. The Hall–Kier alpha value is -3.82. The summed E-state index contributed by atoms with van der Waals surface area (Å²) in [7, 11) is 0. The maximum atomic E-state index is 13.2. The SMILES string of the molecule is O=C(NC1CCC(C(F)(F)F)CC1)c1cc2[nH]c(Nc3cc(CNC(=O)C4(C(F)(F)F)CC4)ccc3Cl)nc2nc1OCCF. The molecule has 2 heterocycles. The number of rotatable bonds is 10. The van der Waals surface area contributed by atoms with Crippen molar-refractivity contribution in [3.63, 3.8) is 0 Å². The first-order valence-electron chi connectivity index (χ1n) is 14.1. The fourth-order valence-corrected chi connectivity index (χ4v) is 5.41. The second-order valence-electron chi connectivity index (χ2n) is 11.1. The Bertz CT molecular complexity index is 1570. The summed E-state index contributed by atoms with van der Waals surface area (Å²) in [5.74, 6) is -3.28. The summed E-state index contributed by atoms with van der Waals surface area (Å²) in [5.41, 5.74) is -1.34. The number of carbonyl (C=O) groups is 2. The van der Waals surface area contributed by atoms with Gasteiger partial charge >= 0.3 is 12.4 Å². The van der Waals surface area contributed by atoms with E-state index in [1.807, 2.05) is 0 Å². The number of benzene rings is 1. The standard InChI is InChI=1S/C28H28ClF7N6O3/c29-18-6-1-14(13-37-24(44)26(7-8-26)28(34,35)36)11-19(18)39-25-40-20-12-17(23(45-10-9-30)41-21(20)42-25)22(43)38-16-4-2-15(3-5-16)27(31,32)33/h1,6,11-12,15-16H,2-5,7-10,13H2,(H,37,44)(H,38,43)(H2,39,40,41,42). The molecule has 9 nitrogen and oxygen atoms in total. The van der Waals surface area contributed by atoms with Crippen molar-refractivity contribution in [1.29, 1.82) is 0 Å². The number of anilines is 2. The van der Waals surface area contributed by atoms with Gasteiger partial charge in [-0.2, -0.15) is 36.3 Å². The van der Waals surface area contributed by atoms with Crippen LogP contribution in [0.5, 0.6) is 5.88 Å². The first kappa shape index (κ1) is 32.6. The van der Waals surface area contributed by atoms with Crippen LogP contribution in [-0.4, -0.2) is 58.4 Å². The minimum absolute atomic E-state index is 0.0767. The number of halogens is 8. The predicted molar refractivity (Wildman–Crippen MR) is 149 cm³/mol. The fraction of sp³-hybridized carbons (Fsp3) is 0.500. The minimum atomic E-state index is -4.63. The molecular formula is C28H28ClF7N6O3. The number of nitrogens with zero attached hydrogens (tertiary/aromatic N) is 2. The number of imidazole rings is 1. The molecule has 0 unspecified atom stereocenters. The highest BCUT2D eigenvalue weighted by atomic mass is 35.5. The van der Waals surface area contributed by atoms with Crippen LogP contribution in [0.1, 0.15) is 54.4 Å². The van der Waals surface area contributed by atoms with Crippen LogP contribution in [0.15, 0.2) is 24.3 Å². The van der Waals surface area contributed by atoms with Crippen LogP contribution in [-0.2, 0) is 11.3 Å². The van der Waals surface area contributed by atoms with Crippen molar-refractivity contribution < 1.29 is 45.1 Å². The van der Waals surface area contributed by atoms with Crippen LogP contribution in [0, 0.1) is 11.3 Å². The summed E-state index contributed by atoms with van der Waals surface area (Å²) < 4.78 is 97.0. The summed E-state index contributed by atoms with van der Waals surface area (Å²) in [6, 6.07) is 5.40. The van der Waals surface area contributed by atoms with E-state index < -0.39 is 54.8 Å². The van der Waals surface area contributed by atoms with Crippen molar-refractivity contribution in [2.24, 2.45) is 11.3 Å². The molecule has 244 valence electrons. The smallest absolute Gasteiger partial charge is 0.403 e. The highest BCUT2D eigenvalue weighted by molar-refractivity contribution is 6.33. The van der Waals surface area contributed by atoms with Gasteiger partial charge in [0.1, 0.15) is 24.3 Å². The van der Waals surface area contributed by atoms with Crippen LogP contribution in [0.2, 0.25) is 5.02 Å². The van der Waals surface area contributed by atoms with E-state index >= 15 is 0 Å². The third-order valence-electron chi connectivity index (χ3n) is 7.99. The lowest BCUT2D eigenvalue weighted by molar-refractivity contribution is -0.192. The molecule has 2 aliphatic carbocycles. The lowest BCUT2D eigenvalue weighted by atomic mass is 9.85. The zero-order chi connectivity index (χ0) is 32.6. The molecule has 4 N–H and O–H groups in total. The van der Waals surface area contributed by atoms with Crippen LogP contribution in [0.4, 0.5) is 42.4 Å². The van der Waals surface area contributed by atoms with E-state index in [1.54, 1.807) is 0 Å². The number of aromatic nitrogens is 3. The maximum absolute atomic E-state index is 13.2. The third kappa shape index (κ3) is 7.20. The van der Waals surface area contributed by atoms with Gasteiger partial charge < -0.3 is 25.7 Å². The molecule has 2 saturated carbocycles. The molecule has 3 aromatic rings. The van der Waals surface area contributed by atoms with Crippen LogP contribution in [0.3, 0.4) is 0 Å². The van der Waals surface area contributed by atoms with Gasteiger partial charge in [0.05, 0.1) is 22.1 Å². The monoisotopic (exact) mass is 664 g/mol. The summed E-state index contributed by atoms with van der Waals surface area (Å²) in [6.45, 7) is -1.47. The number of hydrogen-bond donors (Lipinski definition) is 4. The molecule has 1 aromatic carbocycles. The minimum Gasteiger partial charge on any atom is -0.474 e. The molecule has 5 rings (SSSR count). The van der Waals surface area contributed by atoms with Crippen molar-refractivity contribution in [3.8, 4) is 5.88 Å². The number of ether oxygens (including phenoxy) is 1. The molecule has 45 heavy (non-hydrogen) atoms.